The number of hydrogen-bond acceptors (Lipinski definition) is 3. The van der Waals surface area contributed by atoms with Crippen molar-refractivity contribution < 1.29 is 9.59 Å². The SMILES string of the molecule is CCCCCC(=O)N[C@H](NC(=S)Nc1ccc(C(C)=O)cc1)C(Cl)(Cl)Cl. The summed E-state index contributed by atoms with van der Waals surface area (Å²) in [5.74, 6) is -0.254. The normalized spacial score (nSPS) is 12.2. The van der Waals surface area contributed by atoms with Gasteiger partial charge in [-0.05, 0) is 49.8 Å². The minimum absolute atomic E-state index is 0.0284. The zero-order valence-electron chi connectivity index (χ0n) is 14.6. The molecule has 0 radical (unpaired) electrons. The second-order valence-corrected chi connectivity index (χ2v) is 8.51. The van der Waals surface area contributed by atoms with Crippen molar-refractivity contribution in [2.45, 2.75) is 49.5 Å². The number of ketones is 1. The van der Waals surface area contributed by atoms with Gasteiger partial charge in [-0.2, -0.15) is 0 Å². The summed E-state index contributed by atoms with van der Waals surface area (Å²) in [5, 5.41) is 8.52. The largest absolute Gasteiger partial charge is 0.339 e. The van der Waals surface area contributed by atoms with Crippen LogP contribution in [-0.2, 0) is 4.79 Å². The van der Waals surface area contributed by atoms with Crippen LogP contribution in [-0.4, -0.2) is 26.8 Å². The molecule has 0 heterocycles. The molecule has 5 nitrogen and oxygen atoms in total. The fourth-order valence-corrected chi connectivity index (χ4v) is 2.62. The Morgan fingerprint density at radius 1 is 1.12 bits per heavy atom. The number of benzene rings is 1. The number of halogens is 3. The molecule has 0 aromatic heterocycles. The number of Topliss-reactive ketones (excluding diaryl/α,β-unsaturated/α-hetero) is 1. The van der Waals surface area contributed by atoms with Crippen molar-refractivity contribution >= 4 is 69.5 Å². The third kappa shape index (κ3) is 8.54. The lowest BCUT2D eigenvalue weighted by Gasteiger charge is -2.27. The first-order valence-corrected chi connectivity index (χ1v) is 9.72. The Hall–Kier alpha value is -1.08. The Kier molecular flexibility index (Phi) is 9.64. The van der Waals surface area contributed by atoms with E-state index in [1.54, 1.807) is 24.3 Å². The standard InChI is InChI=1S/C17H22Cl3N3O2S/c1-3-4-5-6-14(25)22-15(17(18,19)20)23-16(26)21-13-9-7-12(8-10-13)11(2)24/h7-10,15H,3-6H2,1-2H3,(H,22,25)(H2,21,23,26)/t15-/m1/s1. The first-order chi connectivity index (χ1) is 12.1. The van der Waals surface area contributed by atoms with Crippen LogP contribution in [0.25, 0.3) is 0 Å². The van der Waals surface area contributed by atoms with Gasteiger partial charge in [-0.1, -0.05) is 54.6 Å². The molecule has 0 spiro atoms. The highest BCUT2D eigenvalue weighted by atomic mass is 35.6. The van der Waals surface area contributed by atoms with E-state index in [0.29, 0.717) is 17.7 Å². The fraction of sp³-hybridized carbons (Fsp3) is 0.471. The number of anilines is 1. The molecule has 9 heteroatoms. The molecule has 3 N–H and O–H groups in total. The molecule has 1 aromatic rings. The van der Waals surface area contributed by atoms with E-state index in [1.807, 2.05) is 0 Å². The van der Waals surface area contributed by atoms with Crippen molar-refractivity contribution in [2.75, 3.05) is 5.32 Å². The van der Waals surface area contributed by atoms with Gasteiger partial charge in [0.25, 0.3) is 0 Å². The molecular weight excluding hydrogens is 417 g/mol. The zero-order valence-corrected chi connectivity index (χ0v) is 17.7. The summed E-state index contributed by atoms with van der Waals surface area (Å²) in [7, 11) is 0. The van der Waals surface area contributed by atoms with Crippen LogP contribution in [0.2, 0.25) is 0 Å². The molecule has 0 saturated heterocycles. The minimum Gasteiger partial charge on any atom is -0.339 e. The van der Waals surface area contributed by atoms with Gasteiger partial charge >= 0.3 is 0 Å². The van der Waals surface area contributed by atoms with Crippen molar-refractivity contribution in [1.82, 2.24) is 10.6 Å². The van der Waals surface area contributed by atoms with E-state index in [4.69, 9.17) is 47.0 Å². The number of unbranched alkanes of at least 4 members (excludes halogenated alkanes) is 2. The van der Waals surface area contributed by atoms with E-state index in [2.05, 4.69) is 22.9 Å². The summed E-state index contributed by atoms with van der Waals surface area (Å²) in [6.07, 6.45) is 2.09. The number of carbonyl (C=O) groups excluding carboxylic acids is 2. The number of alkyl halides is 3. The van der Waals surface area contributed by atoms with Crippen molar-refractivity contribution in [3.05, 3.63) is 29.8 Å². The van der Waals surface area contributed by atoms with Gasteiger partial charge in [0.05, 0.1) is 0 Å². The lowest BCUT2D eigenvalue weighted by Crippen LogP contribution is -2.56. The van der Waals surface area contributed by atoms with Crippen LogP contribution >= 0.6 is 47.0 Å². The van der Waals surface area contributed by atoms with E-state index in [1.165, 1.54) is 6.92 Å². The quantitative estimate of drug-likeness (QED) is 0.182. The number of amides is 1. The van der Waals surface area contributed by atoms with Crippen molar-refractivity contribution in [3.8, 4) is 0 Å². The predicted octanol–water partition coefficient (Wildman–Crippen LogP) is 4.57. The van der Waals surface area contributed by atoms with Crippen LogP contribution in [0.15, 0.2) is 24.3 Å². The number of hydrogen-bond donors (Lipinski definition) is 3. The average Bonchev–Trinajstić information content (AvgIpc) is 2.54. The highest BCUT2D eigenvalue weighted by molar-refractivity contribution is 7.80. The van der Waals surface area contributed by atoms with Crippen molar-refractivity contribution in [2.24, 2.45) is 0 Å². The highest BCUT2D eigenvalue weighted by Gasteiger charge is 2.34. The number of nitrogens with one attached hydrogen (secondary N) is 3. The molecule has 0 aliphatic heterocycles. The number of carbonyl (C=O) groups is 2. The molecule has 0 unspecified atom stereocenters. The Morgan fingerprint density at radius 2 is 1.73 bits per heavy atom. The molecule has 1 atom stereocenters. The van der Waals surface area contributed by atoms with Gasteiger partial charge in [-0.25, -0.2) is 0 Å². The summed E-state index contributed by atoms with van der Waals surface area (Å²) in [6, 6.07) is 6.77. The molecule has 0 aliphatic carbocycles. The third-order valence-corrected chi connectivity index (χ3v) is 4.34. The zero-order chi connectivity index (χ0) is 19.7. The summed E-state index contributed by atoms with van der Waals surface area (Å²) < 4.78 is -1.79. The van der Waals surface area contributed by atoms with Gasteiger partial charge in [-0.15, -0.1) is 0 Å². The second kappa shape index (κ2) is 10.9. The first kappa shape index (κ1) is 23.0. The fourth-order valence-electron chi connectivity index (χ4n) is 2.06. The Balaban J connectivity index is 2.65. The Morgan fingerprint density at radius 3 is 2.23 bits per heavy atom. The van der Waals surface area contributed by atoms with E-state index in [0.717, 1.165) is 19.3 Å². The maximum atomic E-state index is 12.0. The monoisotopic (exact) mass is 437 g/mol. The highest BCUT2D eigenvalue weighted by Crippen LogP contribution is 2.29. The average molecular weight is 439 g/mol. The van der Waals surface area contributed by atoms with Crippen LogP contribution in [0, 0.1) is 0 Å². The predicted molar refractivity (Wildman–Crippen MR) is 112 cm³/mol. The Labute approximate surface area is 174 Å². The lowest BCUT2D eigenvalue weighted by molar-refractivity contribution is -0.122. The van der Waals surface area contributed by atoms with Gasteiger partial charge < -0.3 is 16.0 Å². The molecule has 1 amide bonds. The van der Waals surface area contributed by atoms with Crippen molar-refractivity contribution in [3.63, 3.8) is 0 Å². The summed E-state index contributed by atoms with van der Waals surface area (Å²) in [5.41, 5.74) is 1.25. The maximum absolute atomic E-state index is 12.0. The van der Waals surface area contributed by atoms with Gasteiger partial charge in [0.15, 0.2) is 10.9 Å². The van der Waals surface area contributed by atoms with Gasteiger partial charge in [0.1, 0.15) is 6.17 Å². The van der Waals surface area contributed by atoms with Crippen LogP contribution in [0.5, 0.6) is 0 Å². The lowest BCUT2D eigenvalue weighted by atomic mass is 10.1. The maximum Gasteiger partial charge on any atom is 0.228 e. The van der Waals surface area contributed by atoms with Crippen LogP contribution < -0.4 is 16.0 Å². The minimum atomic E-state index is -1.79. The van der Waals surface area contributed by atoms with Gasteiger partial charge in [0.2, 0.25) is 9.70 Å². The topological polar surface area (TPSA) is 70.2 Å². The summed E-state index contributed by atoms with van der Waals surface area (Å²) >= 11 is 23.0. The van der Waals surface area contributed by atoms with E-state index in [9.17, 15) is 9.59 Å². The Bertz CT molecular complexity index is 633. The molecule has 1 rings (SSSR count). The van der Waals surface area contributed by atoms with Gasteiger partial charge in [0, 0.05) is 17.7 Å². The number of rotatable bonds is 8. The number of thiocarbonyl (C=S) groups is 1. The van der Waals surface area contributed by atoms with Crippen molar-refractivity contribution in [1.29, 1.82) is 0 Å². The summed E-state index contributed by atoms with van der Waals surface area (Å²) in [6.45, 7) is 3.54. The molecular formula is C17H22Cl3N3O2S. The molecule has 0 aliphatic rings. The summed E-state index contributed by atoms with van der Waals surface area (Å²) in [4.78, 5) is 23.3. The molecule has 0 fully saturated rings. The third-order valence-electron chi connectivity index (χ3n) is 3.46. The van der Waals surface area contributed by atoms with E-state index < -0.39 is 9.96 Å². The van der Waals surface area contributed by atoms with E-state index >= 15 is 0 Å². The second-order valence-electron chi connectivity index (χ2n) is 5.73. The molecule has 26 heavy (non-hydrogen) atoms. The van der Waals surface area contributed by atoms with Crippen LogP contribution in [0.1, 0.15) is 49.9 Å². The molecule has 144 valence electrons. The smallest absolute Gasteiger partial charge is 0.228 e. The molecule has 0 saturated carbocycles. The van der Waals surface area contributed by atoms with Crippen LogP contribution in [0.4, 0.5) is 5.69 Å². The van der Waals surface area contributed by atoms with Gasteiger partial charge in [-0.3, -0.25) is 9.59 Å². The van der Waals surface area contributed by atoms with Crippen LogP contribution in [0.3, 0.4) is 0 Å². The first-order valence-electron chi connectivity index (χ1n) is 8.18. The van der Waals surface area contributed by atoms with E-state index in [-0.39, 0.29) is 16.8 Å². The molecule has 0 bridgehead atoms. The molecule has 1 aromatic carbocycles.